The number of ketones is 1. The Balaban J connectivity index is 2.41. The Bertz CT molecular complexity index is 435. The minimum Gasteiger partial charge on any atom is -0.432 e. The molecule has 0 aliphatic heterocycles. The summed E-state index contributed by atoms with van der Waals surface area (Å²) < 4.78 is 0. The highest BCUT2D eigenvalue weighted by molar-refractivity contribution is 6.70. The molecule has 0 saturated carbocycles. The molecule has 1 rings (SSSR count). The summed E-state index contributed by atoms with van der Waals surface area (Å²) in [5.74, 6) is 0.137. The molecule has 1 aromatic carbocycles. The third-order valence-corrected chi connectivity index (χ3v) is 4.91. The van der Waals surface area contributed by atoms with Crippen LogP contribution in [0.25, 0.3) is 0 Å². The predicted molar refractivity (Wildman–Crippen MR) is 91.4 cm³/mol. The van der Waals surface area contributed by atoms with Crippen LogP contribution < -0.4 is 5.32 Å². The van der Waals surface area contributed by atoms with Gasteiger partial charge in [0.15, 0.2) is 14.1 Å². The first-order chi connectivity index (χ1) is 9.78. The van der Waals surface area contributed by atoms with Crippen LogP contribution in [0.2, 0.25) is 19.1 Å². The van der Waals surface area contributed by atoms with Crippen molar-refractivity contribution in [3.63, 3.8) is 0 Å². The summed E-state index contributed by atoms with van der Waals surface area (Å²) in [7, 11) is -2.12. The normalized spacial score (nSPS) is 11.9. The fourth-order valence-electron chi connectivity index (χ4n) is 2.10. The molecule has 0 aliphatic carbocycles. The number of Topliss-reactive ketones (excluding diaryl/α,β-unsaturated/α-hetero) is 1. The Morgan fingerprint density at radius 2 is 1.86 bits per heavy atom. The van der Waals surface area contributed by atoms with Crippen LogP contribution in [0.1, 0.15) is 42.6 Å². The van der Waals surface area contributed by atoms with Gasteiger partial charge in [-0.1, -0.05) is 38.1 Å². The predicted octanol–water partition coefficient (Wildman–Crippen LogP) is 3.39. The van der Waals surface area contributed by atoms with Gasteiger partial charge in [0, 0.05) is 18.0 Å². The zero-order valence-corrected chi connectivity index (χ0v) is 14.8. The van der Waals surface area contributed by atoms with Crippen LogP contribution in [0, 0.1) is 0 Å². The molecule has 4 heteroatoms. The van der Waals surface area contributed by atoms with Gasteiger partial charge >= 0.3 is 0 Å². The van der Waals surface area contributed by atoms with Crippen LogP contribution >= 0.6 is 0 Å². The number of carbonyl (C=O) groups excluding carboxylic acids is 1. The van der Waals surface area contributed by atoms with Gasteiger partial charge in [-0.25, -0.2) is 0 Å². The van der Waals surface area contributed by atoms with E-state index in [-0.39, 0.29) is 5.78 Å². The van der Waals surface area contributed by atoms with Crippen LogP contribution in [-0.2, 0) is 6.42 Å². The zero-order valence-electron chi connectivity index (χ0n) is 13.8. The first-order valence-electron chi connectivity index (χ1n) is 7.86. The molecule has 0 aromatic heterocycles. The van der Waals surface area contributed by atoms with Crippen molar-refractivity contribution in [2.45, 2.75) is 58.3 Å². The average Bonchev–Trinajstić information content (AvgIpc) is 2.40. The number of benzene rings is 1. The molecule has 3 nitrogen and oxygen atoms in total. The summed E-state index contributed by atoms with van der Waals surface area (Å²) in [6.07, 6.45) is 2.59. The van der Waals surface area contributed by atoms with Gasteiger partial charge in [-0.05, 0) is 44.1 Å². The van der Waals surface area contributed by atoms with Crippen LogP contribution in [0.4, 0.5) is 0 Å². The average molecular weight is 308 g/mol. The van der Waals surface area contributed by atoms with E-state index in [9.17, 15) is 9.59 Å². The molecule has 0 radical (unpaired) electrons. The first-order valence-corrected chi connectivity index (χ1v) is 11.0. The standard InChI is InChI=1S/C17H29NO2Si/c1-14(2)18-12-5-6-15-7-9-16(10-8-15)17(19)11-13-21(3,4)20/h7-10,14,18,20H,5-6,11-13H2,1-4H3. The zero-order chi connectivity index (χ0) is 15.9. The van der Waals surface area contributed by atoms with Gasteiger partial charge in [-0.2, -0.15) is 0 Å². The lowest BCUT2D eigenvalue weighted by atomic mass is 10.0. The second-order valence-corrected chi connectivity index (χ2v) is 10.8. The van der Waals surface area contributed by atoms with Gasteiger partial charge in [0.05, 0.1) is 0 Å². The Kier molecular flexibility index (Phi) is 7.29. The molecule has 0 unspecified atom stereocenters. The highest BCUT2D eigenvalue weighted by Gasteiger charge is 2.18. The van der Waals surface area contributed by atoms with Crippen molar-refractivity contribution in [2.24, 2.45) is 0 Å². The number of aryl methyl sites for hydroxylation is 1. The topological polar surface area (TPSA) is 49.3 Å². The van der Waals surface area contributed by atoms with E-state index in [1.807, 2.05) is 37.4 Å². The van der Waals surface area contributed by atoms with Crippen molar-refractivity contribution in [3.8, 4) is 0 Å². The van der Waals surface area contributed by atoms with Gasteiger partial charge in [0.25, 0.3) is 0 Å². The molecule has 0 atom stereocenters. The summed E-state index contributed by atoms with van der Waals surface area (Å²) in [6.45, 7) is 9.06. The molecule has 2 N–H and O–H groups in total. The number of nitrogens with one attached hydrogen (secondary N) is 1. The molecule has 0 aliphatic rings. The number of carbonyl (C=O) groups is 1. The van der Waals surface area contributed by atoms with Gasteiger partial charge in [-0.3, -0.25) is 4.79 Å². The SMILES string of the molecule is CC(C)NCCCc1ccc(C(=O)CC[Si](C)(C)O)cc1. The molecule has 0 saturated heterocycles. The van der Waals surface area contributed by atoms with E-state index in [0.717, 1.165) is 24.9 Å². The van der Waals surface area contributed by atoms with E-state index in [0.29, 0.717) is 18.5 Å². The fourth-order valence-corrected chi connectivity index (χ4v) is 2.94. The van der Waals surface area contributed by atoms with E-state index in [1.54, 1.807) is 0 Å². The van der Waals surface area contributed by atoms with Crippen LogP contribution in [-0.4, -0.2) is 31.5 Å². The Labute approximate surface area is 129 Å². The lowest BCUT2D eigenvalue weighted by molar-refractivity contribution is 0.0986. The Hall–Kier alpha value is -0.973. The van der Waals surface area contributed by atoms with Crippen molar-refractivity contribution >= 4 is 14.1 Å². The Morgan fingerprint density at radius 3 is 2.38 bits per heavy atom. The van der Waals surface area contributed by atoms with Gasteiger partial charge in [-0.15, -0.1) is 0 Å². The molecule has 118 valence electrons. The maximum absolute atomic E-state index is 12.0. The molecule has 1 aromatic rings. The summed E-state index contributed by atoms with van der Waals surface area (Å²) in [5, 5.41) is 3.40. The number of hydrogen-bond acceptors (Lipinski definition) is 3. The molecule has 21 heavy (non-hydrogen) atoms. The fraction of sp³-hybridized carbons (Fsp3) is 0.588. The molecule has 0 spiro atoms. The molecule has 0 fully saturated rings. The molecular weight excluding hydrogens is 278 g/mol. The Morgan fingerprint density at radius 1 is 1.24 bits per heavy atom. The first kappa shape index (κ1) is 18.1. The third kappa shape index (κ3) is 8.14. The van der Waals surface area contributed by atoms with E-state index >= 15 is 0 Å². The van der Waals surface area contributed by atoms with Crippen molar-refractivity contribution in [1.82, 2.24) is 5.32 Å². The van der Waals surface area contributed by atoms with E-state index in [1.165, 1.54) is 5.56 Å². The van der Waals surface area contributed by atoms with Gasteiger partial charge in [0.1, 0.15) is 0 Å². The lowest BCUT2D eigenvalue weighted by Crippen LogP contribution is -2.25. The number of rotatable bonds is 9. The van der Waals surface area contributed by atoms with E-state index < -0.39 is 8.32 Å². The number of hydrogen-bond donors (Lipinski definition) is 2. The third-order valence-electron chi connectivity index (χ3n) is 3.43. The van der Waals surface area contributed by atoms with E-state index in [4.69, 9.17) is 0 Å². The minimum absolute atomic E-state index is 0.137. The second-order valence-electron chi connectivity index (χ2n) is 6.64. The van der Waals surface area contributed by atoms with Crippen molar-refractivity contribution in [3.05, 3.63) is 35.4 Å². The summed E-state index contributed by atoms with van der Waals surface area (Å²) >= 11 is 0. The smallest absolute Gasteiger partial charge is 0.183 e. The van der Waals surface area contributed by atoms with Crippen molar-refractivity contribution in [1.29, 1.82) is 0 Å². The van der Waals surface area contributed by atoms with Crippen LogP contribution in [0.3, 0.4) is 0 Å². The van der Waals surface area contributed by atoms with Gasteiger partial charge < -0.3 is 10.1 Å². The largest absolute Gasteiger partial charge is 0.432 e. The monoisotopic (exact) mass is 307 g/mol. The molecular formula is C17H29NO2Si. The van der Waals surface area contributed by atoms with E-state index in [2.05, 4.69) is 19.2 Å². The van der Waals surface area contributed by atoms with Crippen LogP contribution in [0.5, 0.6) is 0 Å². The molecule has 0 bridgehead atoms. The lowest BCUT2D eigenvalue weighted by Gasteiger charge is -2.12. The summed E-state index contributed by atoms with van der Waals surface area (Å²) in [5.41, 5.74) is 2.03. The minimum atomic E-state index is -2.12. The maximum atomic E-state index is 12.0. The van der Waals surface area contributed by atoms with Crippen LogP contribution in [0.15, 0.2) is 24.3 Å². The summed E-state index contributed by atoms with van der Waals surface area (Å²) in [6, 6.07) is 9.09. The highest BCUT2D eigenvalue weighted by atomic mass is 28.4. The summed E-state index contributed by atoms with van der Waals surface area (Å²) in [4.78, 5) is 21.8. The second kappa shape index (κ2) is 8.46. The van der Waals surface area contributed by atoms with Crippen molar-refractivity contribution < 1.29 is 9.59 Å². The maximum Gasteiger partial charge on any atom is 0.183 e. The highest BCUT2D eigenvalue weighted by Crippen LogP contribution is 2.14. The van der Waals surface area contributed by atoms with Crippen molar-refractivity contribution in [2.75, 3.05) is 6.54 Å². The molecule has 0 amide bonds. The van der Waals surface area contributed by atoms with Gasteiger partial charge in [0.2, 0.25) is 0 Å². The molecule has 0 heterocycles. The quantitative estimate of drug-likeness (QED) is 0.418.